The average molecular weight is 348 g/mol. The van der Waals surface area contributed by atoms with Crippen molar-refractivity contribution < 1.29 is 9.26 Å². The van der Waals surface area contributed by atoms with Gasteiger partial charge in [0.05, 0.1) is 17.8 Å². The van der Waals surface area contributed by atoms with Gasteiger partial charge in [0, 0.05) is 30.4 Å². The van der Waals surface area contributed by atoms with Crippen molar-refractivity contribution in [3.05, 3.63) is 42.7 Å². The van der Waals surface area contributed by atoms with Crippen LogP contribution in [0.1, 0.15) is 18.9 Å². The number of rotatable bonds is 3. The van der Waals surface area contributed by atoms with Gasteiger partial charge < -0.3 is 9.26 Å². The number of aromatic nitrogens is 6. The molecule has 4 aromatic rings. The summed E-state index contributed by atoms with van der Waals surface area (Å²) in [5.74, 6) is 0.874. The lowest BCUT2D eigenvalue weighted by atomic mass is 10.1. The van der Waals surface area contributed by atoms with E-state index in [1.54, 1.807) is 6.20 Å². The van der Waals surface area contributed by atoms with E-state index in [1.807, 2.05) is 41.2 Å². The Bertz CT molecular complexity index is 1050. The molecule has 1 fully saturated rings. The van der Waals surface area contributed by atoms with Gasteiger partial charge in [-0.15, -0.1) is 5.10 Å². The van der Waals surface area contributed by atoms with Crippen LogP contribution in [0.4, 0.5) is 0 Å². The number of ether oxygens (including phenoxy) is 1. The molecule has 0 spiro atoms. The first-order valence-electron chi connectivity index (χ1n) is 8.56. The molecular weight excluding hydrogens is 332 g/mol. The SMILES string of the molecule is c1ccc2c(-c3noc(-c4cn(C5CCOCC5)nn4)n3)ccnc2c1. The molecule has 1 saturated heterocycles. The molecule has 0 atom stereocenters. The van der Waals surface area contributed by atoms with E-state index in [0.717, 1.165) is 42.5 Å². The van der Waals surface area contributed by atoms with E-state index in [-0.39, 0.29) is 0 Å². The highest BCUT2D eigenvalue weighted by Gasteiger charge is 2.20. The van der Waals surface area contributed by atoms with Crippen molar-refractivity contribution in [3.63, 3.8) is 0 Å². The van der Waals surface area contributed by atoms with Gasteiger partial charge in [0.25, 0.3) is 5.89 Å². The van der Waals surface area contributed by atoms with Crippen molar-refractivity contribution in [2.45, 2.75) is 18.9 Å². The Morgan fingerprint density at radius 2 is 1.96 bits per heavy atom. The maximum Gasteiger partial charge on any atom is 0.280 e. The molecule has 5 rings (SSSR count). The minimum atomic E-state index is 0.302. The van der Waals surface area contributed by atoms with Crippen LogP contribution in [-0.4, -0.2) is 43.3 Å². The van der Waals surface area contributed by atoms with E-state index in [1.165, 1.54) is 0 Å². The minimum Gasteiger partial charge on any atom is -0.381 e. The Balaban J connectivity index is 1.48. The number of nitrogens with zero attached hydrogens (tertiary/aromatic N) is 6. The van der Waals surface area contributed by atoms with Crippen molar-refractivity contribution in [3.8, 4) is 23.0 Å². The summed E-state index contributed by atoms with van der Waals surface area (Å²) in [5.41, 5.74) is 2.35. The van der Waals surface area contributed by atoms with E-state index in [2.05, 4.69) is 25.4 Å². The first-order valence-corrected chi connectivity index (χ1v) is 8.56. The number of hydrogen-bond acceptors (Lipinski definition) is 7. The summed E-state index contributed by atoms with van der Waals surface area (Å²) >= 11 is 0. The van der Waals surface area contributed by atoms with Crippen molar-refractivity contribution in [2.75, 3.05) is 13.2 Å². The summed E-state index contributed by atoms with van der Waals surface area (Å²) in [7, 11) is 0. The molecule has 130 valence electrons. The summed E-state index contributed by atoms with van der Waals surface area (Å²) in [6, 6.07) is 10.1. The molecule has 0 amide bonds. The van der Waals surface area contributed by atoms with E-state index < -0.39 is 0 Å². The lowest BCUT2D eigenvalue weighted by Gasteiger charge is -2.21. The Kier molecular flexibility index (Phi) is 3.67. The minimum absolute atomic E-state index is 0.302. The lowest BCUT2D eigenvalue weighted by molar-refractivity contribution is 0.0657. The van der Waals surface area contributed by atoms with Crippen molar-refractivity contribution >= 4 is 10.9 Å². The second-order valence-corrected chi connectivity index (χ2v) is 6.23. The molecule has 0 saturated carbocycles. The number of pyridine rings is 1. The third kappa shape index (κ3) is 2.64. The van der Waals surface area contributed by atoms with Crippen LogP contribution in [0.5, 0.6) is 0 Å². The molecule has 0 N–H and O–H groups in total. The van der Waals surface area contributed by atoms with E-state index in [0.29, 0.717) is 23.5 Å². The standard InChI is InChI=1S/C18H16N6O2/c1-2-4-15-13(3-1)14(5-8-19-15)17-20-18(26-22-17)16-11-24(23-21-16)12-6-9-25-10-7-12/h1-5,8,11-12H,6-7,9-10H2. The molecule has 0 aliphatic carbocycles. The Morgan fingerprint density at radius 1 is 1.08 bits per heavy atom. The summed E-state index contributed by atoms with van der Waals surface area (Å²) in [6.07, 6.45) is 5.47. The van der Waals surface area contributed by atoms with Crippen molar-refractivity contribution in [2.24, 2.45) is 0 Å². The van der Waals surface area contributed by atoms with Gasteiger partial charge in [-0.3, -0.25) is 4.98 Å². The van der Waals surface area contributed by atoms with Crippen LogP contribution >= 0.6 is 0 Å². The fourth-order valence-electron chi connectivity index (χ4n) is 3.23. The Hall–Kier alpha value is -3.13. The molecule has 8 heteroatoms. The van der Waals surface area contributed by atoms with E-state index >= 15 is 0 Å². The quantitative estimate of drug-likeness (QED) is 0.562. The van der Waals surface area contributed by atoms with Gasteiger partial charge in [0.2, 0.25) is 5.82 Å². The molecule has 1 aliphatic heterocycles. The predicted molar refractivity (Wildman–Crippen MR) is 93.1 cm³/mol. The van der Waals surface area contributed by atoms with Gasteiger partial charge in [0.1, 0.15) is 0 Å². The molecule has 0 radical (unpaired) electrons. The van der Waals surface area contributed by atoms with Crippen LogP contribution in [0.25, 0.3) is 33.9 Å². The van der Waals surface area contributed by atoms with Gasteiger partial charge in [-0.2, -0.15) is 4.98 Å². The van der Waals surface area contributed by atoms with E-state index in [9.17, 15) is 0 Å². The fraction of sp³-hybridized carbons (Fsp3) is 0.278. The van der Waals surface area contributed by atoms with Crippen molar-refractivity contribution in [1.82, 2.24) is 30.1 Å². The number of hydrogen-bond donors (Lipinski definition) is 0. The molecule has 4 heterocycles. The van der Waals surface area contributed by atoms with Gasteiger partial charge in [-0.25, -0.2) is 4.68 Å². The molecule has 0 unspecified atom stereocenters. The Labute approximate surface area is 148 Å². The first kappa shape index (κ1) is 15.2. The first-order chi connectivity index (χ1) is 12.9. The normalized spacial score (nSPS) is 15.5. The molecule has 1 aromatic carbocycles. The fourth-order valence-corrected chi connectivity index (χ4v) is 3.23. The molecule has 0 bridgehead atoms. The lowest BCUT2D eigenvalue weighted by Crippen LogP contribution is -2.19. The largest absolute Gasteiger partial charge is 0.381 e. The van der Waals surface area contributed by atoms with Crippen LogP contribution in [0.15, 0.2) is 47.2 Å². The number of para-hydroxylation sites is 1. The maximum atomic E-state index is 5.43. The highest BCUT2D eigenvalue weighted by Crippen LogP contribution is 2.27. The number of fused-ring (bicyclic) bond motifs is 1. The second kappa shape index (κ2) is 6.30. The highest BCUT2D eigenvalue weighted by molar-refractivity contribution is 5.92. The second-order valence-electron chi connectivity index (χ2n) is 6.23. The predicted octanol–water partition coefficient (Wildman–Crippen LogP) is 2.89. The summed E-state index contributed by atoms with van der Waals surface area (Å²) in [4.78, 5) is 8.88. The van der Waals surface area contributed by atoms with Gasteiger partial charge in [-0.05, 0) is 25.0 Å². The van der Waals surface area contributed by atoms with E-state index in [4.69, 9.17) is 9.26 Å². The summed E-state index contributed by atoms with van der Waals surface area (Å²) < 4.78 is 12.7. The number of benzene rings is 1. The van der Waals surface area contributed by atoms with Gasteiger partial charge in [0.15, 0.2) is 5.69 Å². The van der Waals surface area contributed by atoms with Crippen LogP contribution in [-0.2, 0) is 4.74 Å². The van der Waals surface area contributed by atoms with Crippen LogP contribution in [0.2, 0.25) is 0 Å². The summed E-state index contributed by atoms with van der Waals surface area (Å²) in [6.45, 7) is 1.50. The highest BCUT2D eigenvalue weighted by atomic mass is 16.5. The Morgan fingerprint density at radius 3 is 2.88 bits per heavy atom. The van der Waals surface area contributed by atoms with Crippen molar-refractivity contribution in [1.29, 1.82) is 0 Å². The zero-order chi connectivity index (χ0) is 17.3. The van der Waals surface area contributed by atoms with Gasteiger partial charge >= 0.3 is 0 Å². The molecule has 3 aromatic heterocycles. The van der Waals surface area contributed by atoms with Crippen LogP contribution in [0.3, 0.4) is 0 Å². The third-order valence-corrected chi connectivity index (χ3v) is 4.61. The van der Waals surface area contributed by atoms with Crippen LogP contribution in [0, 0.1) is 0 Å². The zero-order valence-corrected chi connectivity index (χ0v) is 13.9. The molecule has 1 aliphatic rings. The smallest absolute Gasteiger partial charge is 0.280 e. The molecule has 26 heavy (non-hydrogen) atoms. The topological polar surface area (TPSA) is 91.8 Å². The molecular formula is C18H16N6O2. The molecule has 8 nitrogen and oxygen atoms in total. The average Bonchev–Trinajstić information content (AvgIpc) is 3.38. The van der Waals surface area contributed by atoms with Gasteiger partial charge in [-0.1, -0.05) is 28.6 Å². The van der Waals surface area contributed by atoms with Crippen LogP contribution < -0.4 is 0 Å². The summed E-state index contributed by atoms with van der Waals surface area (Å²) in [5, 5.41) is 13.5. The maximum absolute atomic E-state index is 5.43. The zero-order valence-electron chi connectivity index (χ0n) is 13.9. The monoisotopic (exact) mass is 348 g/mol. The third-order valence-electron chi connectivity index (χ3n) is 4.61.